The topological polar surface area (TPSA) is 34.2 Å². The monoisotopic (exact) mass is 428 g/mol. The number of nitrogens with zero attached hydrogens (tertiary/aromatic N) is 2. The van der Waals surface area contributed by atoms with Gasteiger partial charge in [-0.25, -0.2) is 4.39 Å². The molecule has 1 spiro atoms. The molecule has 2 aliphatic heterocycles. The maximum atomic E-state index is 14.0. The molecule has 2 heterocycles. The minimum absolute atomic E-state index is 0.129. The molecule has 1 atom stereocenters. The van der Waals surface area contributed by atoms with E-state index in [2.05, 4.69) is 28.0 Å². The zero-order valence-electron chi connectivity index (χ0n) is 17.9. The van der Waals surface area contributed by atoms with Gasteiger partial charge in [0.2, 0.25) is 0 Å². The van der Waals surface area contributed by atoms with Gasteiger partial charge in [-0.05, 0) is 50.2 Å². The molecule has 0 amide bonds. The summed E-state index contributed by atoms with van der Waals surface area (Å²) in [6.07, 6.45) is 1.82. The molecule has 0 aromatic heterocycles. The molecule has 0 radical (unpaired) electrons. The first kappa shape index (κ1) is 23.1. The third-order valence-corrected chi connectivity index (χ3v) is 5.82. The molecule has 2 fully saturated rings. The van der Waals surface area contributed by atoms with E-state index in [9.17, 15) is 13.2 Å². The third kappa shape index (κ3) is 5.75. The number of ether oxygens (including phenoxy) is 3. The summed E-state index contributed by atoms with van der Waals surface area (Å²) in [6.45, 7) is 10.3. The van der Waals surface area contributed by atoms with Gasteiger partial charge < -0.3 is 19.1 Å². The number of halogens is 3. The Labute approximate surface area is 176 Å². The Hall–Kier alpha value is -1.61. The highest BCUT2D eigenvalue weighted by Gasteiger charge is 2.44. The lowest BCUT2D eigenvalue weighted by atomic mass is 9.87. The molecular formula is C22H31F3N2O3. The molecule has 168 valence electrons. The lowest BCUT2D eigenvalue weighted by Gasteiger charge is -2.45. The normalized spacial score (nSPS) is 24.2. The first-order valence-electron chi connectivity index (χ1n) is 10.2. The van der Waals surface area contributed by atoms with Crippen molar-refractivity contribution in [2.75, 3.05) is 32.8 Å². The fourth-order valence-corrected chi connectivity index (χ4v) is 4.11. The van der Waals surface area contributed by atoms with Crippen molar-refractivity contribution in [2.24, 2.45) is 5.41 Å². The molecule has 1 aromatic rings. The molecule has 0 aliphatic carbocycles. The molecule has 0 bridgehead atoms. The van der Waals surface area contributed by atoms with Crippen LogP contribution in [0.5, 0.6) is 0 Å². The minimum Gasteiger partial charge on any atom is -0.376 e. The molecule has 0 saturated carbocycles. The maximum absolute atomic E-state index is 14.0. The molecule has 3 rings (SSSR count). The first-order chi connectivity index (χ1) is 14.1. The molecular weight excluding hydrogens is 397 g/mol. The summed E-state index contributed by atoms with van der Waals surface area (Å²) < 4.78 is 55.5. The van der Waals surface area contributed by atoms with Crippen molar-refractivity contribution in [3.05, 3.63) is 47.9 Å². The van der Waals surface area contributed by atoms with Crippen LogP contribution in [0.1, 0.15) is 31.9 Å². The average Bonchev–Trinajstić information content (AvgIpc) is 2.81. The number of hydrogen-bond acceptors (Lipinski definition) is 5. The SMILES string of the molecule is C=CN1CC(C)N(Cc2cc(F)ccc2COC(F)F)CC2(COC(C)(C)OC2)C1. The molecule has 2 saturated heterocycles. The van der Waals surface area contributed by atoms with Crippen LogP contribution in [0.2, 0.25) is 0 Å². The van der Waals surface area contributed by atoms with Gasteiger partial charge in [-0.15, -0.1) is 0 Å². The van der Waals surface area contributed by atoms with Gasteiger partial charge in [0.25, 0.3) is 0 Å². The van der Waals surface area contributed by atoms with Crippen LogP contribution < -0.4 is 0 Å². The predicted octanol–water partition coefficient (Wildman–Crippen LogP) is 3.98. The number of hydrogen-bond donors (Lipinski definition) is 0. The Kier molecular flexibility index (Phi) is 7.12. The van der Waals surface area contributed by atoms with Gasteiger partial charge >= 0.3 is 6.61 Å². The van der Waals surface area contributed by atoms with Crippen LogP contribution in [-0.2, 0) is 27.4 Å². The summed E-state index contributed by atoms with van der Waals surface area (Å²) in [5.74, 6) is -1.03. The highest BCUT2D eigenvalue weighted by Crippen LogP contribution is 2.35. The van der Waals surface area contributed by atoms with Crippen molar-refractivity contribution in [2.45, 2.75) is 52.4 Å². The highest BCUT2D eigenvalue weighted by atomic mass is 19.3. The second kappa shape index (κ2) is 9.26. The lowest BCUT2D eigenvalue weighted by molar-refractivity contribution is -0.287. The quantitative estimate of drug-likeness (QED) is 0.685. The van der Waals surface area contributed by atoms with Gasteiger partial charge in [0.05, 0.1) is 19.8 Å². The second-order valence-electron chi connectivity index (χ2n) is 8.83. The van der Waals surface area contributed by atoms with E-state index in [-0.39, 0.29) is 18.1 Å². The van der Waals surface area contributed by atoms with Crippen molar-refractivity contribution in [1.82, 2.24) is 9.80 Å². The Morgan fingerprint density at radius 2 is 1.93 bits per heavy atom. The van der Waals surface area contributed by atoms with Crippen LogP contribution >= 0.6 is 0 Å². The van der Waals surface area contributed by atoms with E-state index in [1.54, 1.807) is 0 Å². The standard InChI is InChI=1S/C22H31F3N2O3/c1-5-26-9-16(2)27(13-22(12-26)14-29-21(3,4)30-15-22)10-18-8-19(23)7-6-17(18)11-28-20(24)25/h5-8,16,20H,1,9-15H2,2-4H3. The fourth-order valence-electron chi connectivity index (χ4n) is 4.11. The Morgan fingerprint density at radius 3 is 2.57 bits per heavy atom. The Morgan fingerprint density at radius 1 is 1.23 bits per heavy atom. The van der Waals surface area contributed by atoms with Gasteiger partial charge in [-0.2, -0.15) is 8.78 Å². The maximum Gasteiger partial charge on any atom is 0.345 e. The van der Waals surface area contributed by atoms with Gasteiger partial charge in [-0.1, -0.05) is 12.6 Å². The fraction of sp³-hybridized carbons (Fsp3) is 0.636. The van der Waals surface area contributed by atoms with Gasteiger partial charge in [0.15, 0.2) is 5.79 Å². The molecule has 1 aromatic carbocycles. The van der Waals surface area contributed by atoms with E-state index in [1.165, 1.54) is 18.2 Å². The van der Waals surface area contributed by atoms with E-state index >= 15 is 0 Å². The smallest absolute Gasteiger partial charge is 0.345 e. The zero-order chi connectivity index (χ0) is 21.9. The van der Waals surface area contributed by atoms with Gasteiger partial charge in [-0.3, -0.25) is 4.90 Å². The van der Waals surface area contributed by atoms with Crippen molar-refractivity contribution in [3.8, 4) is 0 Å². The minimum atomic E-state index is -2.87. The molecule has 0 N–H and O–H groups in total. The number of benzene rings is 1. The van der Waals surface area contributed by atoms with Crippen molar-refractivity contribution < 1.29 is 27.4 Å². The molecule has 1 unspecified atom stereocenters. The summed E-state index contributed by atoms with van der Waals surface area (Å²) >= 11 is 0. The van der Waals surface area contributed by atoms with Crippen LogP contribution in [-0.4, -0.2) is 61.1 Å². The Balaban J connectivity index is 1.83. The van der Waals surface area contributed by atoms with Crippen molar-refractivity contribution >= 4 is 0 Å². The van der Waals surface area contributed by atoms with Gasteiger partial charge in [0.1, 0.15) is 5.82 Å². The molecule has 8 heteroatoms. The van der Waals surface area contributed by atoms with E-state index in [0.29, 0.717) is 37.4 Å². The number of rotatable bonds is 6. The van der Waals surface area contributed by atoms with E-state index in [1.807, 2.05) is 20.0 Å². The summed E-state index contributed by atoms with van der Waals surface area (Å²) in [7, 11) is 0. The molecule has 5 nitrogen and oxygen atoms in total. The predicted molar refractivity (Wildman–Crippen MR) is 107 cm³/mol. The summed E-state index contributed by atoms with van der Waals surface area (Å²) in [5.41, 5.74) is 0.921. The van der Waals surface area contributed by atoms with Crippen LogP contribution in [0.4, 0.5) is 13.2 Å². The van der Waals surface area contributed by atoms with E-state index in [0.717, 1.165) is 13.1 Å². The molecule has 30 heavy (non-hydrogen) atoms. The van der Waals surface area contributed by atoms with Gasteiger partial charge in [0, 0.05) is 37.6 Å². The van der Waals surface area contributed by atoms with E-state index in [4.69, 9.17) is 9.47 Å². The summed E-state index contributed by atoms with van der Waals surface area (Å²) in [4.78, 5) is 4.39. The molecule has 2 aliphatic rings. The largest absolute Gasteiger partial charge is 0.376 e. The second-order valence-corrected chi connectivity index (χ2v) is 8.83. The first-order valence-corrected chi connectivity index (χ1v) is 10.2. The van der Waals surface area contributed by atoms with Crippen LogP contribution in [0.3, 0.4) is 0 Å². The highest BCUT2D eigenvalue weighted by molar-refractivity contribution is 5.27. The van der Waals surface area contributed by atoms with Crippen LogP contribution in [0.25, 0.3) is 0 Å². The van der Waals surface area contributed by atoms with Crippen LogP contribution in [0.15, 0.2) is 31.0 Å². The Bertz CT molecular complexity index is 734. The summed E-state index contributed by atoms with van der Waals surface area (Å²) in [6, 6.07) is 4.31. The van der Waals surface area contributed by atoms with Crippen molar-refractivity contribution in [3.63, 3.8) is 0 Å². The zero-order valence-corrected chi connectivity index (χ0v) is 17.9. The van der Waals surface area contributed by atoms with E-state index < -0.39 is 18.2 Å². The number of alkyl halides is 2. The lowest BCUT2D eigenvalue weighted by Crippen LogP contribution is -2.54. The van der Waals surface area contributed by atoms with Crippen LogP contribution in [0, 0.1) is 11.2 Å². The summed E-state index contributed by atoms with van der Waals surface area (Å²) in [5, 5.41) is 0. The van der Waals surface area contributed by atoms with Crippen molar-refractivity contribution in [1.29, 1.82) is 0 Å². The third-order valence-electron chi connectivity index (χ3n) is 5.82. The average molecular weight is 428 g/mol.